The Morgan fingerprint density at radius 2 is 1.64 bits per heavy atom. The first-order valence-electron chi connectivity index (χ1n) is 21.6. The Morgan fingerprint density at radius 1 is 0.946 bits per heavy atom. The Balaban J connectivity index is 1.18. The second-order valence-electron chi connectivity index (χ2n) is 21.3. The fourth-order valence-corrected chi connectivity index (χ4v) is 16.4. The number of rotatable bonds is 9. The third-order valence-corrected chi connectivity index (χ3v) is 19.8. The van der Waals surface area contributed by atoms with Crippen molar-refractivity contribution in [1.29, 1.82) is 0 Å². The van der Waals surface area contributed by atoms with E-state index in [1.54, 1.807) is 4.90 Å². The molecule has 0 radical (unpaired) electrons. The number of carbonyl (C=O) groups is 1. The first-order chi connectivity index (χ1) is 26.0. The molecule has 7 rings (SSSR count). The van der Waals surface area contributed by atoms with Gasteiger partial charge in [-0.3, -0.25) is 15.0 Å². The van der Waals surface area contributed by atoms with E-state index in [0.717, 1.165) is 69.8 Å². The number of fused-ring (bicyclic) bond motifs is 7. The number of amides is 1. The van der Waals surface area contributed by atoms with Gasteiger partial charge in [-0.05, 0) is 153 Å². The predicted octanol–water partition coefficient (Wildman–Crippen LogP) is 9.13. The molecule has 11 atom stereocenters. The number of sulfone groups is 1. The molecule has 1 amide bonds. The molecule has 0 spiro atoms. The minimum Gasteiger partial charge on any atom is -0.369 e. The van der Waals surface area contributed by atoms with E-state index in [2.05, 4.69) is 65.6 Å². The van der Waals surface area contributed by atoms with Crippen LogP contribution in [-0.4, -0.2) is 74.8 Å². The lowest BCUT2D eigenvalue weighted by molar-refractivity contribution is -0.226. The van der Waals surface area contributed by atoms with Crippen molar-refractivity contribution in [1.82, 2.24) is 10.2 Å². The lowest BCUT2D eigenvalue weighted by Gasteiger charge is -2.72. The summed E-state index contributed by atoms with van der Waals surface area (Å²) in [6, 6.07) is -1.71. The van der Waals surface area contributed by atoms with Gasteiger partial charge in [0.15, 0.2) is 9.84 Å². The zero-order chi connectivity index (χ0) is 40.9. The number of primary amides is 1. The summed E-state index contributed by atoms with van der Waals surface area (Å²) in [6.07, 6.45) is 10.9. The third kappa shape index (κ3) is 6.70. The molecule has 1 saturated heterocycles. The Morgan fingerprint density at radius 3 is 2.23 bits per heavy atom. The van der Waals surface area contributed by atoms with Crippen LogP contribution in [0.3, 0.4) is 0 Å². The molecule has 316 valence electrons. The number of hydrogen-bond acceptors (Lipinski definition) is 5. The fraction of sp³-hybridized carbons (Fsp3) is 0.844. The van der Waals surface area contributed by atoms with Crippen LogP contribution < -0.4 is 11.1 Å². The highest BCUT2D eigenvalue weighted by atomic mass is 32.2. The van der Waals surface area contributed by atoms with Crippen molar-refractivity contribution in [2.75, 3.05) is 37.8 Å². The van der Waals surface area contributed by atoms with Gasteiger partial charge in [0.05, 0.1) is 16.9 Å². The van der Waals surface area contributed by atoms with Crippen LogP contribution in [0.5, 0.6) is 0 Å². The minimum atomic E-state index is -4.45. The first-order valence-corrected chi connectivity index (χ1v) is 23.5. The molecule has 5 fully saturated rings. The molecule has 7 aliphatic rings. The van der Waals surface area contributed by atoms with Gasteiger partial charge in [-0.1, -0.05) is 52.3 Å². The smallest absolute Gasteiger partial charge is 0.369 e. The maximum Gasteiger partial charge on any atom is 0.405 e. The van der Waals surface area contributed by atoms with Crippen molar-refractivity contribution in [2.24, 2.45) is 62.4 Å². The monoisotopic (exact) mass is 807 g/mol. The van der Waals surface area contributed by atoms with Crippen LogP contribution in [0.25, 0.3) is 0 Å². The summed E-state index contributed by atoms with van der Waals surface area (Å²) in [6.45, 7) is 18.1. The quantitative estimate of drug-likeness (QED) is 0.179. The summed E-state index contributed by atoms with van der Waals surface area (Å²) < 4.78 is 83.5. The average Bonchev–Trinajstić information content (AvgIpc) is 3.45. The first kappa shape index (κ1) is 42.4. The molecule has 1 heterocycles. The van der Waals surface area contributed by atoms with Gasteiger partial charge in [0, 0.05) is 25.2 Å². The van der Waals surface area contributed by atoms with Crippen molar-refractivity contribution in [3.63, 3.8) is 0 Å². The van der Waals surface area contributed by atoms with E-state index in [1.165, 1.54) is 11.1 Å². The number of nitrogens with zero attached hydrogens (tertiary/aromatic N) is 1. The van der Waals surface area contributed by atoms with Crippen LogP contribution in [0.15, 0.2) is 35.5 Å². The van der Waals surface area contributed by atoms with E-state index in [0.29, 0.717) is 37.0 Å². The van der Waals surface area contributed by atoms with Crippen molar-refractivity contribution in [2.45, 2.75) is 143 Å². The fourth-order valence-electron chi connectivity index (χ4n) is 15.1. The SMILES string of the molecule is C=C(C)CC1CCC2(NC(CN3CCS(=O)(=O)CC3)C(F)(F)F)CCC3(C)C(CCC4C5(C)CC=C(C6=CCC(CF)(C(N)=O)CC6)C(C)(C)C5CCC43C)C12. The van der Waals surface area contributed by atoms with Crippen molar-refractivity contribution < 1.29 is 30.8 Å². The highest BCUT2D eigenvalue weighted by Crippen LogP contribution is 2.76. The molecular weight excluding hydrogens is 739 g/mol. The third-order valence-electron chi connectivity index (χ3n) is 18.2. The summed E-state index contributed by atoms with van der Waals surface area (Å²) in [4.78, 5) is 13.9. The molecule has 56 heavy (non-hydrogen) atoms. The Labute approximate surface area is 334 Å². The predicted molar refractivity (Wildman–Crippen MR) is 215 cm³/mol. The van der Waals surface area contributed by atoms with Crippen LogP contribution in [0.2, 0.25) is 0 Å². The molecule has 0 aromatic carbocycles. The zero-order valence-electron chi connectivity index (χ0n) is 34.9. The molecule has 0 bridgehead atoms. The van der Waals surface area contributed by atoms with Gasteiger partial charge in [-0.15, -0.1) is 6.58 Å². The molecule has 6 nitrogen and oxygen atoms in total. The molecule has 11 heteroatoms. The number of hydrogen-bond donors (Lipinski definition) is 2. The number of alkyl halides is 4. The zero-order valence-corrected chi connectivity index (χ0v) is 35.7. The summed E-state index contributed by atoms with van der Waals surface area (Å²) in [5, 5.41) is 3.39. The number of carbonyl (C=O) groups excluding carboxylic acids is 1. The van der Waals surface area contributed by atoms with Crippen LogP contribution >= 0.6 is 0 Å². The van der Waals surface area contributed by atoms with Gasteiger partial charge in [-0.2, -0.15) is 13.2 Å². The number of nitrogens with one attached hydrogen (secondary N) is 1. The van der Waals surface area contributed by atoms with E-state index in [1.807, 2.05) is 0 Å². The van der Waals surface area contributed by atoms with E-state index < -0.39 is 45.6 Å². The van der Waals surface area contributed by atoms with E-state index in [9.17, 15) is 17.6 Å². The second kappa shape index (κ2) is 14.2. The molecule has 0 aromatic heterocycles. The maximum absolute atomic E-state index is 15.1. The summed E-state index contributed by atoms with van der Waals surface area (Å²) in [5.41, 5.74) is 7.61. The summed E-state index contributed by atoms with van der Waals surface area (Å²) in [7, 11) is -3.20. The van der Waals surface area contributed by atoms with Crippen molar-refractivity contribution in [3.05, 3.63) is 35.5 Å². The molecule has 1 aliphatic heterocycles. The lowest BCUT2D eigenvalue weighted by atomic mass is 9.33. The van der Waals surface area contributed by atoms with Crippen molar-refractivity contribution >= 4 is 15.7 Å². The Hall–Kier alpha value is -1.72. The largest absolute Gasteiger partial charge is 0.405 e. The summed E-state index contributed by atoms with van der Waals surface area (Å²) >= 11 is 0. The average molecular weight is 808 g/mol. The maximum atomic E-state index is 15.1. The van der Waals surface area contributed by atoms with Gasteiger partial charge in [-0.25, -0.2) is 12.8 Å². The Bertz CT molecular complexity index is 1750. The normalized spacial score (nSPS) is 43.9. The topological polar surface area (TPSA) is 92.5 Å². The molecule has 11 unspecified atom stereocenters. The Kier molecular flexibility index (Phi) is 10.8. The molecular formula is C45H69F4N3O3S. The van der Waals surface area contributed by atoms with Gasteiger partial charge in [0.2, 0.25) is 5.91 Å². The second-order valence-corrected chi connectivity index (χ2v) is 23.6. The van der Waals surface area contributed by atoms with Gasteiger partial charge < -0.3 is 5.73 Å². The standard InChI is InChI=1S/C45H69F4N3O3S/c1-29(2)26-31-12-19-44(51-36(45(47,48)49)27-52-22-24-56(54,55)25-23-52)21-20-41(6)33(37(31)44)8-9-35-40(5)15-13-32(39(3,4)34(40)14-16-42(35,41)7)30-10-17-43(28-46,18-11-30)38(50)53/h10,13,31,33-37,51H,1,8-9,11-12,14-28H2,2-7H3,(H2,50,53). The van der Waals surface area contributed by atoms with Crippen molar-refractivity contribution in [3.8, 4) is 0 Å². The van der Waals surface area contributed by atoms with Gasteiger partial charge in [0.1, 0.15) is 12.7 Å². The lowest BCUT2D eigenvalue weighted by Crippen LogP contribution is -2.70. The number of halogens is 4. The van der Waals surface area contributed by atoms with Crippen LogP contribution in [0.1, 0.15) is 125 Å². The van der Waals surface area contributed by atoms with E-state index in [4.69, 9.17) is 5.73 Å². The molecule has 6 aliphatic carbocycles. The number of allylic oxidation sites excluding steroid dienone is 5. The van der Waals surface area contributed by atoms with Gasteiger partial charge >= 0.3 is 6.18 Å². The number of nitrogens with two attached hydrogens (primary N) is 1. The van der Waals surface area contributed by atoms with E-state index >= 15 is 13.2 Å². The highest BCUT2D eigenvalue weighted by Gasteiger charge is 2.71. The molecule has 4 saturated carbocycles. The van der Waals surface area contributed by atoms with Crippen LogP contribution in [0, 0.1) is 56.7 Å². The molecule has 3 N–H and O–H groups in total. The highest BCUT2D eigenvalue weighted by molar-refractivity contribution is 7.91. The van der Waals surface area contributed by atoms with Gasteiger partial charge in [0.25, 0.3) is 0 Å². The van der Waals surface area contributed by atoms with E-state index in [-0.39, 0.29) is 64.6 Å². The minimum absolute atomic E-state index is 0.0279. The van der Waals surface area contributed by atoms with Crippen LogP contribution in [0.4, 0.5) is 17.6 Å². The molecule has 0 aromatic rings. The van der Waals surface area contributed by atoms with Crippen LogP contribution in [-0.2, 0) is 14.6 Å². The summed E-state index contributed by atoms with van der Waals surface area (Å²) in [5.74, 6) is 0.876.